The molecule has 1 aromatic carbocycles. The van der Waals surface area contributed by atoms with Crippen LogP contribution in [0.5, 0.6) is 5.75 Å². The van der Waals surface area contributed by atoms with Crippen molar-refractivity contribution in [3.8, 4) is 33.3 Å². The molecule has 0 spiro atoms. The second kappa shape index (κ2) is 12.7. The molecule has 0 unspecified atom stereocenters. The number of fused-ring (bicyclic) bond motifs is 2. The van der Waals surface area contributed by atoms with Gasteiger partial charge in [-0.1, -0.05) is 17.2 Å². The van der Waals surface area contributed by atoms with Crippen LogP contribution in [0.2, 0.25) is 5.02 Å². The fraction of sp³-hybridized carbons (Fsp3) is 0.333. The minimum atomic E-state index is -4.57. The van der Waals surface area contributed by atoms with Crippen LogP contribution in [0.15, 0.2) is 58.3 Å². The van der Waals surface area contributed by atoms with E-state index in [0.29, 0.717) is 58.7 Å². The maximum absolute atomic E-state index is 14.5. The van der Waals surface area contributed by atoms with Gasteiger partial charge in [-0.05, 0) is 70.0 Å². The molecular weight excluding hydrogens is 639 g/mol. The number of carbonyl (C=O) groups is 1. The zero-order valence-corrected chi connectivity index (χ0v) is 26.9. The van der Waals surface area contributed by atoms with Crippen molar-refractivity contribution in [2.45, 2.75) is 51.9 Å². The molecule has 2 aliphatic rings. The van der Waals surface area contributed by atoms with E-state index in [1.807, 2.05) is 25.7 Å². The first-order valence-corrected chi connectivity index (χ1v) is 16.1. The number of alkyl halides is 3. The summed E-state index contributed by atoms with van der Waals surface area (Å²) < 4.78 is 46.4. The summed E-state index contributed by atoms with van der Waals surface area (Å²) in [6.45, 7) is 7.09. The molecule has 2 fully saturated rings. The van der Waals surface area contributed by atoms with Crippen molar-refractivity contribution in [3.05, 3.63) is 85.9 Å². The van der Waals surface area contributed by atoms with Gasteiger partial charge in [-0.15, -0.1) is 11.3 Å². The van der Waals surface area contributed by atoms with Gasteiger partial charge in [0, 0.05) is 48.4 Å². The average Bonchev–Trinajstić information content (AvgIpc) is 3.64. The van der Waals surface area contributed by atoms with Crippen LogP contribution in [0.1, 0.15) is 55.4 Å². The Bertz CT molecular complexity index is 1870. The molecule has 8 nitrogen and oxygen atoms in total. The Kier molecular flexibility index (Phi) is 8.79. The van der Waals surface area contributed by atoms with Gasteiger partial charge in [0.2, 0.25) is 0 Å². The van der Waals surface area contributed by atoms with E-state index >= 15 is 0 Å². The van der Waals surface area contributed by atoms with Crippen molar-refractivity contribution in [3.63, 3.8) is 0 Å². The van der Waals surface area contributed by atoms with Gasteiger partial charge in [-0.2, -0.15) is 13.2 Å². The SMILES string of the molecule is CCOc1ccc(Cl)c(-n2c(C=C(C)C)c(C(=O)N3C[C@H]4CC[C@@H](C3)N4)cc(-c3nc(-c4ccc(C(F)(F)F)nc4)cs3)c2=O)c1. The molecular formula is C33H31ClF3N5O3S. The zero-order chi connectivity index (χ0) is 32.7. The molecule has 2 bridgehead atoms. The van der Waals surface area contributed by atoms with Crippen molar-refractivity contribution >= 4 is 34.9 Å². The van der Waals surface area contributed by atoms with Gasteiger partial charge in [-0.25, -0.2) is 4.98 Å². The van der Waals surface area contributed by atoms with Crippen LogP contribution in [0, 0.1) is 0 Å². The highest BCUT2D eigenvalue weighted by molar-refractivity contribution is 7.13. The van der Waals surface area contributed by atoms with E-state index < -0.39 is 17.4 Å². The number of likely N-dealkylation sites (tertiary alicyclic amines) is 1. The van der Waals surface area contributed by atoms with E-state index in [0.717, 1.165) is 42.0 Å². The topological polar surface area (TPSA) is 89.3 Å². The number of hydrogen-bond acceptors (Lipinski definition) is 7. The number of carbonyl (C=O) groups excluding carboxylic acids is 1. The van der Waals surface area contributed by atoms with Crippen molar-refractivity contribution in [1.82, 2.24) is 24.8 Å². The molecule has 0 saturated carbocycles. The van der Waals surface area contributed by atoms with Crippen LogP contribution in [0.4, 0.5) is 13.2 Å². The summed E-state index contributed by atoms with van der Waals surface area (Å²) in [4.78, 5) is 38.9. The lowest BCUT2D eigenvalue weighted by atomic mass is 10.0. The van der Waals surface area contributed by atoms with Crippen molar-refractivity contribution in [2.24, 2.45) is 0 Å². The maximum atomic E-state index is 14.5. The van der Waals surface area contributed by atoms with Crippen LogP contribution in [-0.2, 0) is 6.18 Å². The molecule has 2 saturated heterocycles. The number of nitrogens with zero attached hydrogens (tertiary/aromatic N) is 4. The van der Waals surface area contributed by atoms with Gasteiger partial charge in [0.25, 0.3) is 11.5 Å². The summed E-state index contributed by atoms with van der Waals surface area (Å²) in [6, 6.07) is 9.18. The van der Waals surface area contributed by atoms with Crippen LogP contribution in [-0.4, -0.2) is 57.1 Å². The van der Waals surface area contributed by atoms with E-state index in [1.165, 1.54) is 10.6 Å². The van der Waals surface area contributed by atoms with Crippen LogP contribution < -0.4 is 15.6 Å². The lowest BCUT2D eigenvalue weighted by molar-refractivity contribution is -0.141. The number of benzene rings is 1. The monoisotopic (exact) mass is 669 g/mol. The van der Waals surface area contributed by atoms with Gasteiger partial charge in [0.1, 0.15) is 16.5 Å². The Morgan fingerprint density at radius 3 is 2.52 bits per heavy atom. The molecule has 46 heavy (non-hydrogen) atoms. The van der Waals surface area contributed by atoms with Crippen molar-refractivity contribution in [1.29, 1.82) is 0 Å². The van der Waals surface area contributed by atoms with Gasteiger partial charge >= 0.3 is 6.18 Å². The van der Waals surface area contributed by atoms with Crippen molar-refractivity contribution < 1.29 is 22.7 Å². The first-order chi connectivity index (χ1) is 21.9. The zero-order valence-electron chi connectivity index (χ0n) is 25.3. The minimum absolute atomic E-state index is 0.154. The highest BCUT2D eigenvalue weighted by Crippen LogP contribution is 2.34. The molecule has 13 heteroatoms. The largest absolute Gasteiger partial charge is 0.494 e. The first-order valence-electron chi connectivity index (χ1n) is 14.9. The summed E-state index contributed by atoms with van der Waals surface area (Å²) in [7, 11) is 0. The summed E-state index contributed by atoms with van der Waals surface area (Å²) in [5, 5.41) is 5.76. The molecule has 0 aliphatic carbocycles. The third kappa shape index (κ3) is 6.33. The lowest BCUT2D eigenvalue weighted by Gasteiger charge is -2.33. The van der Waals surface area contributed by atoms with Crippen LogP contribution >= 0.6 is 22.9 Å². The van der Waals surface area contributed by atoms with Gasteiger partial charge in [-0.3, -0.25) is 19.1 Å². The quantitative estimate of drug-likeness (QED) is 0.226. The second-order valence-electron chi connectivity index (χ2n) is 11.6. The molecule has 4 aromatic rings. The Balaban J connectivity index is 1.55. The van der Waals surface area contributed by atoms with Gasteiger partial charge < -0.3 is 15.0 Å². The molecule has 3 aromatic heterocycles. The number of allylic oxidation sites excluding steroid dienone is 1. The number of amides is 1. The smallest absolute Gasteiger partial charge is 0.433 e. The predicted molar refractivity (Wildman–Crippen MR) is 173 cm³/mol. The number of pyridine rings is 2. The molecule has 2 atom stereocenters. The predicted octanol–water partition coefficient (Wildman–Crippen LogP) is 7.09. The van der Waals surface area contributed by atoms with Gasteiger partial charge in [0.05, 0.1) is 39.8 Å². The maximum Gasteiger partial charge on any atom is 0.433 e. The first kappa shape index (κ1) is 32.0. The standard InChI is InChI=1S/C33H31ClF3N5O3S/c1-4-45-22-8-9-25(34)28(12-22)42-27(11-18(2)3)23(31(43)41-15-20-6-7-21(16-41)39-20)13-24(32(42)44)30-40-26(17-46-30)19-5-10-29(38-14-19)33(35,36)37/h5,8-14,17,20-21,39H,4,6-7,15-16H2,1-3H3/t20-,21+. The number of nitrogens with one attached hydrogen (secondary N) is 1. The van der Waals surface area contributed by atoms with E-state index in [1.54, 1.807) is 35.7 Å². The minimum Gasteiger partial charge on any atom is -0.494 e. The van der Waals surface area contributed by atoms with Crippen molar-refractivity contribution in [2.75, 3.05) is 19.7 Å². The lowest BCUT2D eigenvalue weighted by Crippen LogP contribution is -2.53. The Hall–Kier alpha value is -4.00. The Morgan fingerprint density at radius 1 is 1.15 bits per heavy atom. The molecule has 0 radical (unpaired) electrons. The number of halogens is 4. The summed E-state index contributed by atoms with van der Waals surface area (Å²) in [5.74, 6) is 0.280. The number of thiazole rings is 1. The average molecular weight is 670 g/mol. The number of rotatable bonds is 7. The molecule has 240 valence electrons. The number of piperazine rings is 1. The molecule has 1 N–H and O–H groups in total. The van der Waals surface area contributed by atoms with Crippen LogP contribution in [0.25, 0.3) is 33.6 Å². The third-order valence-corrected chi connectivity index (χ3v) is 9.15. The Labute approximate surface area is 272 Å². The second-order valence-corrected chi connectivity index (χ2v) is 12.8. The van der Waals surface area contributed by atoms with E-state index in [9.17, 15) is 22.8 Å². The normalized spacial score (nSPS) is 17.7. The molecule has 2 aliphatic heterocycles. The van der Waals surface area contributed by atoms with Crippen LogP contribution in [0.3, 0.4) is 0 Å². The number of hydrogen-bond donors (Lipinski definition) is 1. The van der Waals surface area contributed by atoms with E-state index in [-0.39, 0.29) is 28.6 Å². The molecule has 5 heterocycles. The summed E-state index contributed by atoms with van der Waals surface area (Å²) in [6.07, 6.45) is 0.295. The Morgan fingerprint density at radius 2 is 1.89 bits per heavy atom. The third-order valence-electron chi connectivity index (χ3n) is 7.95. The van der Waals surface area contributed by atoms with E-state index in [4.69, 9.17) is 16.3 Å². The number of ether oxygens (including phenoxy) is 1. The van der Waals surface area contributed by atoms with Gasteiger partial charge in [0.15, 0.2) is 0 Å². The molecule has 6 rings (SSSR count). The highest BCUT2D eigenvalue weighted by atomic mass is 35.5. The molecule has 1 amide bonds. The fourth-order valence-corrected chi connectivity index (χ4v) is 6.94. The summed E-state index contributed by atoms with van der Waals surface area (Å²) in [5.41, 5.74) is 1.27. The highest BCUT2D eigenvalue weighted by Gasteiger charge is 2.36. The van der Waals surface area contributed by atoms with E-state index in [2.05, 4.69) is 15.3 Å². The summed E-state index contributed by atoms with van der Waals surface area (Å²) >= 11 is 7.87. The fourth-order valence-electron chi connectivity index (χ4n) is 5.91. The number of aromatic nitrogens is 3.